The number of rotatable bonds is 11. The molecule has 15 rings (SSSR count). The number of carbonyl (C=O) groups is 6. The zero-order valence-electron chi connectivity index (χ0n) is 62.7. The van der Waals surface area contributed by atoms with Crippen LogP contribution in [-0.2, 0) is 9.47 Å². The van der Waals surface area contributed by atoms with Gasteiger partial charge in [-0.2, -0.15) is 37.5 Å². The molecule has 113 heavy (non-hydrogen) atoms. The number of amides is 6. The molecule has 0 bridgehead atoms. The standard InChI is InChI=1S/C22H26FN7O3.C22H24FN7O3.C17H18FN7O.C12H8ClFN6O/c2*1-13-11-30-12-17(27-18(23)19(30)26-13)28-20(31)16-10-24-15(9-25-16)14-5-7-29(8-6-14)21(32)33-22(2,3)4;1-10-8-25-9-14(23-15(18)16(25)22-10)24-17(26)13-7-20-12(6-21-13)11-2-4-19-5-3-11;1-6-4-20-5-9(18-10(14)11(20)17-6)19-12(21)7-2-16-8(13)3-15-7/h9-12,14H,5-8H2,1-4H3,(H,28,31);5,9-12H,6-8H2,1-4H3,(H,28,31);6-9,11,19H,2-5H2,1H3,(H,24,26);2-5H,1H3,(H,19,21). The molecule has 3 aliphatic rings. The number of carbonyl (C=O) groups excluding carboxylic acids is 6. The number of hydrogen-bond acceptors (Lipinski definition) is 25. The van der Waals surface area contributed by atoms with Crippen molar-refractivity contribution in [1.29, 1.82) is 0 Å². The van der Waals surface area contributed by atoms with Crippen molar-refractivity contribution in [2.75, 3.05) is 60.5 Å². The molecule has 5 N–H and O–H groups in total. The third-order valence-corrected chi connectivity index (χ3v) is 17.3. The normalized spacial score (nSPS) is 14.1. The van der Waals surface area contributed by atoms with Crippen LogP contribution in [0.1, 0.15) is 167 Å². The highest BCUT2D eigenvalue weighted by atomic mass is 35.5. The number of aryl methyl sites for hydroxylation is 4. The molecule has 0 aromatic carbocycles. The summed E-state index contributed by atoms with van der Waals surface area (Å²) in [5.41, 5.74) is 5.44. The number of aromatic nitrogens is 20. The van der Waals surface area contributed by atoms with Gasteiger partial charge in [0.25, 0.3) is 47.4 Å². The molecule has 0 saturated carbocycles. The van der Waals surface area contributed by atoms with E-state index in [9.17, 15) is 46.3 Å². The minimum atomic E-state index is -0.785. The molecule has 3 aliphatic heterocycles. The van der Waals surface area contributed by atoms with Crippen molar-refractivity contribution < 1.29 is 55.8 Å². The van der Waals surface area contributed by atoms with Crippen molar-refractivity contribution in [3.05, 3.63) is 197 Å². The molecule has 12 aromatic heterocycles. The van der Waals surface area contributed by atoms with E-state index >= 15 is 0 Å². The highest BCUT2D eigenvalue weighted by Gasteiger charge is 2.30. The molecule has 2 fully saturated rings. The molecule has 6 amide bonds. The van der Waals surface area contributed by atoms with E-state index in [2.05, 4.69) is 106 Å². The molecule has 0 spiro atoms. The summed E-state index contributed by atoms with van der Waals surface area (Å²) in [7, 11) is 0. The summed E-state index contributed by atoms with van der Waals surface area (Å²) in [6.07, 6.45) is 29.1. The van der Waals surface area contributed by atoms with Crippen molar-refractivity contribution in [3.8, 4) is 0 Å². The van der Waals surface area contributed by atoms with Gasteiger partial charge in [-0.3, -0.25) is 51.7 Å². The Kier molecular flexibility index (Phi) is 23.9. The number of nitrogens with zero attached hydrogens (tertiary/aromatic N) is 22. The minimum Gasteiger partial charge on any atom is -0.444 e. The maximum atomic E-state index is 14.1. The van der Waals surface area contributed by atoms with E-state index in [1.807, 2.05) is 47.6 Å². The van der Waals surface area contributed by atoms with Gasteiger partial charge in [0.1, 0.15) is 39.1 Å². The second-order valence-corrected chi connectivity index (χ2v) is 28.7. The number of fused-ring (bicyclic) bond motifs is 4. The monoisotopic (exact) mass is 1570 g/mol. The lowest BCUT2D eigenvalue weighted by Gasteiger charge is -2.33. The van der Waals surface area contributed by atoms with Gasteiger partial charge < -0.3 is 45.9 Å². The Morgan fingerprint density at radius 1 is 0.425 bits per heavy atom. The summed E-state index contributed by atoms with van der Waals surface area (Å²) in [4.78, 5) is 141. The Labute approximate surface area is 646 Å². The first-order valence-electron chi connectivity index (χ1n) is 35.4. The first kappa shape index (κ1) is 79.5. The molecule has 0 aliphatic carbocycles. The molecular formula is C73H76ClF4N27O8. The number of hydrogen-bond donors (Lipinski definition) is 5. The maximum Gasteiger partial charge on any atom is 0.410 e. The Bertz CT molecular complexity index is 5560. The molecule has 12 aromatic rings. The fraction of sp³-hybridized carbons (Fsp3) is 0.342. The van der Waals surface area contributed by atoms with Crippen LogP contribution >= 0.6 is 11.6 Å². The van der Waals surface area contributed by atoms with Crippen LogP contribution in [0.25, 0.3) is 28.2 Å². The lowest BCUT2D eigenvalue weighted by atomic mass is 9.94. The van der Waals surface area contributed by atoms with Crippen molar-refractivity contribution >= 4 is 98.8 Å². The Balaban J connectivity index is 0.000000141. The van der Waals surface area contributed by atoms with Gasteiger partial charge in [-0.1, -0.05) is 17.7 Å². The lowest BCUT2D eigenvalue weighted by molar-refractivity contribution is 0.0202. The molecule has 0 atom stereocenters. The fourth-order valence-corrected chi connectivity index (χ4v) is 12.0. The van der Waals surface area contributed by atoms with Gasteiger partial charge in [-0.15, -0.1) is 0 Å². The third kappa shape index (κ3) is 20.5. The zero-order valence-corrected chi connectivity index (χ0v) is 63.5. The van der Waals surface area contributed by atoms with Gasteiger partial charge in [0.15, 0.2) is 45.9 Å². The van der Waals surface area contributed by atoms with Crippen LogP contribution in [0.15, 0.2) is 105 Å². The average molecular weight is 1570 g/mol. The summed E-state index contributed by atoms with van der Waals surface area (Å²) < 4.78 is 72.7. The first-order chi connectivity index (χ1) is 53.8. The van der Waals surface area contributed by atoms with E-state index in [4.69, 9.17) is 21.1 Å². The van der Waals surface area contributed by atoms with Gasteiger partial charge in [0, 0.05) is 75.2 Å². The minimum absolute atomic E-state index is 0.0329. The van der Waals surface area contributed by atoms with Gasteiger partial charge in [0.2, 0.25) is 0 Å². The highest BCUT2D eigenvalue weighted by molar-refractivity contribution is 6.29. The van der Waals surface area contributed by atoms with E-state index in [1.54, 1.807) is 74.7 Å². The second-order valence-electron chi connectivity index (χ2n) is 28.3. The van der Waals surface area contributed by atoms with Crippen molar-refractivity contribution in [2.45, 2.75) is 124 Å². The van der Waals surface area contributed by atoms with Gasteiger partial charge in [0.05, 0.1) is 102 Å². The van der Waals surface area contributed by atoms with E-state index < -0.39 is 58.6 Å². The SMILES string of the molecule is Cc1cn2cc(NC(=O)c3cnc(C4=CCN(C(=O)OC(C)(C)C)CC4)cn3)nc(F)c2n1.Cc1cn2cc(NC(=O)c3cnc(C4CCN(C(=O)OC(C)(C)C)CC4)cn3)nc(F)c2n1.Cc1cn2cc(NC(=O)c3cnc(C4CCNCC4)cn3)nc(F)c2n1.Cc1cn2cc(NC(=O)c3cnc(Cl)cn3)nc(F)c2n1. The average Bonchev–Trinajstić information content (AvgIpc) is 1.67. The molecule has 40 heteroatoms. The third-order valence-electron chi connectivity index (χ3n) is 17.1. The van der Waals surface area contributed by atoms with E-state index in [1.165, 1.54) is 79.6 Å². The Morgan fingerprint density at radius 2 is 0.770 bits per heavy atom. The number of nitrogens with one attached hydrogen (secondary N) is 5. The zero-order chi connectivity index (χ0) is 80.6. The van der Waals surface area contributed by atoms with Gasteiger partial charge in [-0.25, -0.2) is 54.4 Å². The number of piperidine rings is 2. The highest BCUT2D eigenvalue weighted by Crippen LogP contribution is 2.29. The predicted molar refractivity (Wildman–Crippen MR) is 401 cm³/mol. The number of imidazole rings is 4. The largest absolute Gasteiger partial charge is 0.444 e. The molecule has 35 nitrogen and oxygen atoms in total. The summed E-state index contributed by atoms with van der Waals surface area (Å²) in [6.45, 7) is 21.9. The topological polar surface area (TPSA) is 411 Å². The first-order valence-corrected chi connectivity index (χ1v) is 35.8. The van der Waals surface area contributed by atoms with Gasteiger partial charge >= 0.3 is 12.2 Å². The molecular weight excluding hydrogens is 1490 g/mol. The maximum absolute atomic E-state index is 14.1. The predicted octanol–water partition coefficient (Wildman–Crippen LogP) is 10.1. The Hall–Kier alpha value is -13.1. The van der Waals surface area contributed by atoms with Crippen LogP contribution < -0.4 is 26.6 Å². The van der Waals surface area contributed by atoms with Crippen LogP contribution in [0.5, 0.6) is 0 Å². The fourth-order valence-electron chi connectivity index (χ4n) is 11.9. The molecule has 2 saturated heterocycles. The van der Waals surface area contributed by atoms with Crippen molar-refractivity contribution in [3.63, 3.8) is 0 Å². The van der Waals surface area contributed by atoms with E-state index in [0.717, 1.165) is 55.7 Å². The molecule has 0 unspecified atom stereocenters. The van der Waals surface area contributed by atoms with E-state index in [0.29, 0.717) is 67.0 Å². The van der Waals surface area contributed by atoms with Crippen molar-refractivity contribution in [1.82, 2.24) is 112 Å². The number of halogens is 5. The number of likely N-dealkylation sites (tertiary alicyclic amines) is 1. The summed E-state index contributed by atoms with van der Waals surface area (Å²) in [5, 5.41) is 13.5. The molecule has 0 radical (unpaired) electrons. The summed E-state index contributed by atoms with van der Waals surface area (Å²) in [5.74, 6) is -4.55. The lowest BCUT2D eigenvalue weighted by Crippen LogP contribution is -2.41. The molecule has 15 heterocycles. The van der Waals surface area contributed by atoms with Crippen LogP contribution in [0.4, 0.5) is 50.4 Å². The van der Waals surface area contributed by atoms with Crippen LogP contribution in [-0.4, -0.2) is 193 Å². The summed E-state index contributed by atoms with van der Waals surface area (Å²) >= 11 is 5.59. The number of ether oxygens (including phenoxy) is 2. The smallest absolute Gasteiger partial charge is 0.410 e. The van der Waals surface area contributed by atoms with Crippen LogP contribution in [0, 0.1) is 51.5 Å². The molecule has 586 valence electrons. The number of anilines is 4. The second kappa shape index (κ2) is 34.0. The van der Waals surface area contributed by atoms with Crippen molar-refractivity contribution in [2.24, 2.45) is 0 Å². The van der Waals surface area contributed by atoms with Crippen LogP contribution in [0.3, 0.4) is 0 Å². The quantitative estimate of drug-likeness (QED) is 0.0751. The van der Waals surface area contributed by atoms with E-state index in [-0.39, 0.29) is 91.9 Å². The summed E-state index contributed by atoms with van der Waals surface area (Å²) in [6, 6.07) is 0. The Morgan fingerprint density at radius 3 is 1.09 bits per heavy atom. The van der Waals surface area contributed by atoms with Gasteiger partial charge in [-0.05, 0) is 120 Å². The van der Waals surface area contributed by atoms with Crippen LogP contribution in [0.2, 0.25) is 5.15 Å².